The van der Waals surface area contributed by atoms with Crippen molar-refractivity contribution in [2.24, 2.45) is 0 Å². The number of thiophene rings is 1. The highest BCUT2D eigenvalue weighted by atomic mass is 32.1. The lowest BCUT2D eigenvalue weighted by Gasteiger charge is -2.27. The first-order chi connectivity index (χ1) is 11.6. The lowest BCUT2D eigenvalue weighted by atomic mass is 9.98. The van der Waals surface area contributed by atoms with Crippen molar-refractivity contribution in [1.29, 1.82) is 0 Å². The van der Waals surface area contributed by atoms with Crippen LogP contribution in [-0.2, 0) is 16.0 Å². The number of ether oxygens (including phenoxy) is 1. The Balaban J connectivity index is 1.64. The summed E-state index contributed by atoms with van der Waals surface area (Å²) in [5, 5.41) is 4.94. The molecule has 0 aliphatic carbocycles. The van der Waals surface area contributed by atoms with Gasteiger partial charge in [-0.1, -0.05) is 24.3 Å². The minimum atomic E-state index is -0.765. The summed E-state index contributed by atoms with van der Waals surface area (Å²) in [6.07, 6.45) is -0.349. The Hall–Kier alpha value is -2.18. The summed E-state index contributed by atoms with van der Waals surface area (Å²) in [5.74, 6) is -0.680. The Labute approximate surface area is 145 Å². The van der Waals surface area contributed by atoms with E-state index in [0.717, 1.165) is 5.56 Å². The van der Waals surface area contributed by atoms with Gasteiger partial charge < -0.3 is 15.0 Å². The van der Waals surface area contributed by atoms with E-state index in [0.29, 0.717) is 18.5 Å². The van der Waals surface area contributed by atoms with E-state index in [-0.39, 0.29) is 11.9 Å². The van der Waals surface area contributed by atoms with Gasteiger partial charge in [-0.05, 0) is 37.2 Å². The van der Waals surface area contributed by atoms with Crippen molar-refractivity contribution in [2.75, 3.05) is 20.6 Å². The molecule has 0 saturated heterocycles. The standard InChI is InChI=1S/C18H20N2O3S/c1-20(2)14(16-8-5-9-24-16)11-19-17(21)15-10-12-6-3-4-7-13(12)18(22)23-15/h3-9,14-15H,10-11H2,1-2H3,(H,19,21). The van der Waals surface area contributed by atoms with Gasteiger partial charge in [0.1, 0.15) is 0 Å². The maximum absolute atomic E-state index is 12.4. The summed E-state index contributed by atoms with van der Waals surface area (Å²) in [5.41, 5.74) is 1.41. The molecule has 1 aromatic heterocycles. The van der Waals surface area contributed by atoms with Crippen molar-refractivity contribution < 1.29 is 14.3 Å². The number of nitrogens with one attached hydrogen (secondary N) is 1. The third-order valence-corrected chi connectivity index (χ3v) is 5.12. The second-order valence-corrected chi connectivity index (χ2v) is 6.97. The number of esters is 1. The van der Waals surface area contributed by atoms with Crippen LogP contribution in [0.1, 0.15) is 26.8 Å². The van der Waals surface area contributed by atoms with Gasteiger partial charge >= 0.3 is 5.97 Å². The number of carbonyl (C=O) groups is 2. The fourth-order valence-corrected chi connectivity index (χ4v) is 3.73. The smallest absolute Gasteiger partial charge is 0.339 e. The molecular formula is C18H20N2O3S. The first-order valence-electron chi connectivity index (χ1n) is 7.82. The van der Waals surface area contributed by atoms with E-state index in [1.165, 1.54) is 4.88 Å². The van der Waals surface area contributed by atoms with Gasteiger partial charge in [0.15, 0.2) is 6.10 Å². The molecule has 2 heterocycles. The van der Waals surface area contributed by atoms with Gasteiger partial charge in [0.25, 0.3) is 5.91 Å². The predicted octanol–water partition coefficient (Wildman–Crippen LogP) is 2.25. The summed E-state index contributed by atoms with van der Waals surface area (Å²) in [7, 11) is 3.96. The van der Waals surface area contributed by atoms with Crippen LogP contribution in [0.5, 0.6) is 0 Å². The molecule has 1 amide bonds. The Morgan fingerprint density at radius 2 is 2.12 bits per heavy atom. The highest BCUT2D eigenvalue weighted by Crippen LogP contribution is 2.23. The SMILES string of the molecule is CN(C)C(CNC(=O)C1Cc2ccccc2C(=O)O1)c1cccs1. The predicted molar refractivity (Wildman–Crippen MR) is 93.1 cm³/mol. The molecule has 24 heavy (non-hydrogen) atoms. The lowest BCUT2D eigenvalue weighted by Crippen LogP contribution is -2.44. The Morgan fingerprint density at radius 1 is 1.33 bits per heavy atom. The van der Waals surface area contributed by atoms with Gasteiger partial charge in [0, 0.05) is 17.8 Å². The van der Waals surface area contributed by atoms with E-state index in [2.05, 4.69) is 16.3 Å². The summed E-state index contributed by atoms with van der Waals surface area (Å²) >= 11 is 1.66. The fourth-order valence-electron chi connectivity index (χ4n) is 2.81. The van der Waals surface area contributed by atoms with Gasteiger partial charge in [-0.3, -0.25) is 4.79 Å². The molecule has 1 aliphatic rings. The highest BCUT2D eigenvalue weighted by molar-refractivity contribution is 7.10. The van der Waals surface area contributed by atoms with Crippen LogP contribution in [0.15, 0.2) is 41.8 Å². The first kappa shape index (κ1) is 16.7. The van der Waals surface area contributed by atoms with E-state index in [1.54, 1.807) is 23.5 Å². The Kier molecular flexibility index (Phi) is 4.97. The molecule has 0 spiro atoms. The number of cyclic esters (lactones) is 1. The van der Waals surface area contributed by atoms with Gasteiger partial charge in [0.05, 0.1) is 11.6 Å². The van der Waals surface area contributed by atoms with Gasteiger partial charge in [-0.25, -0.2) is 4.79 Å². The summed E-state index contributed by atoms with van der Waals surface area (Å²) in [4.78, 5) is 27.7. The monoisotopic (exact) mass is 344 g/mol. The molecule has 1 aromatic carbocycles. The lowest BCUT2D eigenvalue weighted by molar-refractivity contribution is -0.130. The van der Waals surface area contributed by atoms with Gasteiger partial charge in [0.2, 0.25) is 0 Å². The molecule has 3 rings (SSSR count). The number of rotatable bonds is 5. The number of fused-ring (bicyclic) bond motifs is 1. The van der Waals surface area contributed by atoms with Gasteiger partial charge in [-0.2, -0.15) is 0 Å². The number of benzene rings is 1. The minimum absolute atomic E-state index is 0.0977. The Morgan fingerprint density at radius 3 is 2.83 bits per heavy atom. The van der Waals surface area contributed by atoms with Crippen molar-refractivity contribution in [3.63, 3.8) is 0 Å². The molecule has 0 bridgehead atoms. The second kappa shape index (κ2) is 7.15. The quantitative estimate of drug-likeness (QED) is 0.845. The number of carbonyl (C=O) groups excluding carboxylic acids is 2. The zero-order chi connectivity index (χ0) is 17.1. The number of hydrogen-bond acceptors (Lipinski definition) is 5. The number of amides is 1. The molecule has 6 heteroatoms. The van der Waals surface area contributed by atoms with Crippen molar-refractivity contribution in [3.05, 3.63) is 57.8 Å². The first-order valence-corrected chi connectivity index (χ1v) is 8.70. The fraction of sp³-hybridized carbons (Fsp3) is 0.333. The van der Waals surface area contributed by atoms with Gasteiger partial charge in [-0.15, -0.1) is 11.3 Å². The minimum Gasteiger partial charge on any atom is -0.448 e. The third kappa shape index (κ3) is 3.49. The van der Waals surface area contributed by atoms with Crippen LogP contribution in [0.3, 0.4) is 0 Å². The molecule has 1 aliphatic heterocycles. The molecule has 0 saturated carbocycles. The molecule has 1 N–H and O–H groups in total. The largest absolute Gasteiger partial charge is 0.448 e. The van der Waals surface area contributed by atoms with Crippen LogP contribution in [0.4, 0.5) is 0 Å². The van der Waals surface area contributed by atoms with Crippen LogP contribution in [-0.4, -0.2) is 43.5 Å². The van der Waals surface area contributed by atoms with Crippen molar-refractivity contribution in [2.45, 2.75) is 18.6 Å². The summed E-state index contributed by atoms with van der Waals surface area (Å²) in [6.45, 7) is 0.474. The Bertz CT molecular complexity index is 728. The number of likely N-dealkylation sites (N-methyl/N-ethyl adjacent to an activating group) is 1. The molecule has 2 aromatic rings. The van der Waals surface area contributed by atoms with E-state index >= 15 is 0 Å². The molecule has 2 atom stereocenters. The van der Waals surface area contributed by atoms with Crippen molar-refractivity contribution in [3.8, 4) is 0 Å². The molecule has 0 radical (unpaired) electrons. The van der Waals surface area contributed by atoms with E-state index in [9.17, 15) is 9.59 Å². The normalized spacial score (nSPS) is 18.0. The molecule has 126 valence electrons. The van der Waals surface area contributed by atoms with E-state index in [4.69, 9.17) is 4.74 Å². The summed E-state index contributed by atoms with van der Waals surface area (Å²) < 4.78 is 5.30. The second-order valence-electron chi connectivity index (χ2n) is 6.00. The van der Waals surface area contributed by atoms with E-state index < -0.39 is 12.1 Å². The zero-order valence-corrected chi connectivity index (χ0v) is 14.5. The van der Waals surface area contributed by atoms with Crippen molar-refractivity contribution in [1.82, 2.24) is 10.2 Å². The number of nitrogens with zero attached hydrogens (tertiary/aromatic N) is 1. The summed E-state index contributed by atoms with van der Waals surface area (Å²) in [6, 6.07) is 11.4. The molecule has 2 unspecified atom stereocenters. The molecule has 0 fully saturated rings. The number of hydrogen-bond donors (Lipinski definition) is 1. The highest BCUT2D eigenvalue weighted by Gasteiger charge is 2.31. The van der Waals surface area contributed by atoms with Crippen molar-refractivity contribution >= 4 is 23.2 Å². The topological polar surface area (TPSA) is 58.6 Å². The van der Waals surface area contributed by atoms with Crippen LogP contribution in [0.2, 0.25) is 0 Å². The van der Waals surface area contributed by atoms with E-state index in [1.807, 2.05) is 37.7 Å². The molecular weight excluding hydrogens is 324 g/mol. The van der Waals surface area contributed by atoms with Crippen LogP contribution in [0, 0.1) is 0 Å². The van der Waals surface area contributed by atoms with Crippen LogP contribution < -0.4 is 5.32 Å². The maximum Gasteiger partial charge on any atom is 0.339 e. The van der Waals surface area contributed by atoms with Crippen LogP contribution in [0.25, 0.3) is 0 Å². The zero-order valence-electron chi connectivity index (χ0n) is 13.7. The molecule has 5 nitrogen and oxygen atoms in total. The third-order valence-electron chi connectivity index (χ3n) is 4.15. The van der Waals surface area contributed by atoms with Crippen LogP contribution >= 0.6 is 11.3 Å². The average Bonchev–Trinajstić information content (AvgIpc) is 3.08. The average molecular weight is 344 g/mol. The maximum atomic E-state index is 12.4.